The second-order valence-corrected chi connectivity index (χ2v) is 19.5. The van der Waals surface area contributed by atoms with Gasteiger partial charge in [0.1, 0.15) is 6.04 Å². The van der Waals surface area contributed by atoms with E-state index in [2.05, 4.69) is 24.5 Å². The van der Waals surface area contributed by atoms with Gasteiger partial charge in [0.15, 0.2) is 5.78 Å². The van der Waals surface area contributed by atoms with Crippen molar-refractivity contribution >= 4 is 35.4 Å². The number of ether oxygens (including phenoxy) is 2. The van der Waals surface area contributed by atoms with E-state index in [1.807, 2.05) is 81.8 Å². The normalized spacial score (nSPS) is 19.8. The number of carbonyl (C=O) groups excluding carboxylic acids is 5. The summed E-state index contributed by atoms with van der Waals surface area (Å²) in [5.74, 6) is -2.71. The van der Waals surface area contributed by atoms with E-state index >= 15 is 0 Å². The second-order valence-electron chi connectivity index (χ2n) is 19.5. The monoisotopic (exact) mass is 914 g/mol. The molecule has 65 heavy (non-hydrogen) atoms. The van der Waals surface area contributed by atoms with E-state index in [0.717, 1.165) is 31.2 Å². The molecule has 10 atom stereocenters. The van der Waals surface area contributed by atoms with Crippen LogP contribution in [0.5, 0.6) is 0 Å². The van der Waals surface area contributed by atoms with Crippen molar-refractivity contribution in [3.63, 3.8) is 0 Å². The maximum atomic E-state index is 14.4. The average molecular weight is 914 g/mol. The molecule has 3 rings (SSSR count). The van der Waals surface area contributed by atoms with Crippen molar-refractivity contribution in [3.8, 4) is 0 Å². The number of hydrogen-bond acceptors (Lipinski definition) is 10. The van der Waals surface area contributed by atoms with Gasteiger partial charge in [0.25, 0.3) is 5.91 Å². The Labute approximate surface area is 389 Å². The van der Waals surface area contributed by atoms with Gasteiger partial charge in [-0.25, -0.2) is 5.06 Å². The number of Topliss-reactive ketones (excluding diaryl/α,β-unsaturated/α-hetero) is 1. The summed E-state index contributed by atoms with van der Waals surface area (Å²) in [5, 5.41) is 16.5. The van der Waals surface area contributed by atoms with Crippen LogP contribution in [0.2, 0.25) is 0 Å². The van der Waals surface area contributed by atoms with Gasteiger partial charge < -0.3 is 30.1 Å². The Kier molecular flexibility index (Phi) is 23.6. The zero-order valence-corrected chi connectivity index (χ0v) is 41.4. The van der Waals surface area contributed by atoms with Crippen molar-refractivity contribution in [2.45, 2.75) is 162 Å². The number of carboxylic acid groups (broad SMARTS) is 1. The molecule has 368 valence electrons. The highest BCUT2D eigenvalue weighted by Crippen LogP contribution is 2.34. The van der Waals surface area contributed by atoms with Gasteiger partial charge in [0, 0.05) is 46.6 Å². The number of nitrogens with one attached hydrogen (secondary N) is 2. The molecule has 0 aliphatic carbocycles. The molecule has 10 unspecified atom stereocenters. The molecule has 15 nitrogen and oxygen atoms in total. The summed E-state index contributed by atoms with van der Waals surface area (Å²) >= 11 is 0. The quantitative estimate of drug-likeness (QED) is 0.0907. The lowest BCUT2D eigenvalue weighted by Gasteiger charge is -2.37. The molecule has 1 aromatic rings. The third-order valence-electron chi connectivity index (χ3n) is 13.7. The second kappa shape index (κ2) is 27.7. The van der Waals surface area contributed by atoms with Gasteiger partial charge in [-0.1, -0.05) is 92.1 Å². The minimum atomic E-state index is -0.879. The lowest BCUT2D eigenvalue weighted by molar-refractivity contribution is -0.199. The van der Waals surface area contributed by atoms with Crippen molar-refractivity contribution in [3.05, 3.63) is 35.9 Å². The van der Waals surface area contributed by atoms with E-state index in [1.165, 1.54) is 5.06 Å². The molecule has 0 aromatic heterocycles. The Balaban J connectivity index is 1.71. The largest absolute Gasteiger partial charge is 0.481 e. The molecule has 0 spiro atoms. The molecule has 2 aliphatic heterocycles. The van der Waals surface area contributed by atoms with Gasteiger partial charge >= 0.3 is 5.97 Å². The van der Waals surface area contributed by atoms with Crippen LogP contribution in [0.4, 0.5) is 0 Å². The Morgan fingerprint density at radius 3 is 2.14 bits per heavy atom. The number of benzene rings is 1. The summed E-state index contributed by atoms with van der Waals surface area (Å²) in [6.07, 6.45) is 4.65. The molecular weight excluding hydrogens is 831 g/mol. The number of methoxy groups -OCH3 is 2. The minimum Gasteiger partial charge on any atom is -0.481 e. The van der Waals surface area contributed by atoms with Crippen LogP contribution >= 0.6 is 0 Å². The van der Waals surface area contributed by atoms with Crippen molar-refractivity contribution in [1.82, 2.24) is 25.5 Å². The van der Waals surface area contributed by atoms with Gasteiger partial charge in [0.05, 0.1) is 49.3 Å². The van der Waals surface area contributed by atoms with Crippen LogP contribution in [-0.2, 0) is 49.5 Å². The zero-order chi connectivity index (χ0) is 48.4. The first-order chi connectivity index (χ1) is 30.8. The molecule has 4 amide bonds. The summed E-state index contributed by atoms with van der Waals surface area (Å²) in [5.41, 5.74) is 0.909. The number of ketones is 1. The fraction of sp³-hybridized carbons (Fsp3) is 0.760. The smallest absolute Gasteiger partial charge is 0.303 e. The Hall–Kier alpha value is -3.92. The van der Waals surface area contributed by atoms with Crippen LogP contribution in [0.3, 0.4) is 0 Å². The maximum Gasteiger partial charge on any atom is 0.303 e. The Morgan fingerprint density at radius 2 is 1.57 bits per heavy atom. The summed E-state index contributed by atoms with van der Waals surface area (Å²) < 4.78 is 12.2. The fourth-order valence-corrected chi connectivity index (χ4v) is 9.84. The molecule has 15 heteroatoms. The molecule has 1 aromatic carbocycles. The third-order valence-corrected chi connectivity index (χ3v) is 13.7. The predicted octanol–water partition coefficient (Wildman–Crippen LogP) is 5.92. The van der Waals surface area contributed by atoms with E-state index in [0.29, 0.717) is 51.9 Å². The first-order valence-electron chi connectivity index (χ1n) is 24.2. The highest BCUT2D eigenvalue weighted by atomic mass is 16.7. The highest BCUT2D eigenvalue weighted by Gasteiger charge is 2.42. The number of aliphatic carboxylic acids is 1. The van der Waals surface area contributed by atoms with Crippen LogP contribution in [0.1, 0.15) is 125 Å². The van der Waals surface area contributed by atoms with Gasteiger partial charge in [-0.05, 0) is 87.3 Å². The predicted molar refractivity (Wildman–Crippen MR) is 250 cm³/mol. The standard InChI is InChI=1S/C50H83N5O10/c1-12-35(7)38(28-34(6)29-41(56)45(32(2)3)52-49(61)46(33(4)5)53(9)24-19-23-44(58)59)42(63-10)31-43(57)54-25-18-22-40(54)47(64-11)36(8)48(60)51-39(30-37-20-14-13-15-21-37)50(62)55-26-16-17-27-65-55/h13-15,20-21,32-36,38-40,42,45-47H,12,16-19,22-31H2,1-11H3,(H,51,60)(H,52,61)(H,58,59). The van der Waals surface area contributed by atoms with Gasteiger partial charge in [-0.15, -0.1) is 0 Å². The zero-order valence-electron chi connectivity index (χ0n) is 41.4. The number of nitrogens with zero attached hydrogens (tertiary/aromatic N) is 3. The molecule has 2 heterocycles. The number of hydroxylamine groups is 2. The van der Waals surface area contributed by atoms with Crippen molar-refractivity contribution in [1.29, 1.82) is 0 Å². The minimum absolute atomic E-state index is 0.0154. The Bertz CT molecular complexity index is 1660. The van der Waals surface area contributed by atoms with Crippen molar-refractivity contribution < 1.29 is 48.2 Å². The Morgan fingerprint density at radius 1 is 0.877 bits per heavy atom. The number of carbonyl (C=O) groups is 6. The number of amides is 4. The average Bonchev–Trinajstić information content (AvgIpc) is 3.76. The number of hydrogen-bond donors (Lipinski definition) is 3. The first-order valence-corrected chi connectivity index (χ1v) is 24.2. The highest BCUT2D eigenvalue weighted by molar-refractivity contribution is 5.91. The van der Waals surface area contributed by atoms with Crippen LogP contribution < -0.4 is 10.6 Å². The topological polar surface area (TPSA) is 184 Å². The van der Waals surface area contributed by atoms with E-state index < -0.39 is 42.2 Å². The number of likely N-dealkylation sites (N-methyl/N-ethyl adjacent to an activating group) is 1. The van der Waals surface area contributed by atoms with E-state index in [4.69, 9.17) is 19.4 Å². The third kappa shape index (κ3) is 16.7. The lowest BCUT2D eigenvalue weighted by Crippen LogP contribution is -2.55. The molecule has 2 saturated heterocycles. The summed E-state index contributed by atoms with van der Waals surface area (Å²) in [6, 6.07) is 7.15. The summed E-state index contributed by atoms with van der Waals surface area (Å²) in [4.78, 5) is 90.3. The lowest BCUT2D eigenvalue weighted by atomic mass is 9.77. The summed E-state index contributed by atoms with van der Waals surface area (Å²) in [6.45, 7) is 17.7. The van der Waals surface area contributed by atoms with Crippen LogP contribution in [0.25, 0.3) is 0 Å². The fourth-order valence-electron chi connectivity index (χ4n) is 9.84. The number of carboxylic acids is 1. The molecule has 2 aliphatic rings. The summed E-state index contributed by atoms with van der Waals surface area (Å²) in [7, 11) is 5.00. The van der Waals surface area contributed by atoms with E-state index in [-0.39, 0.29) is 84.3 Å². The van der Waals surface area contributed by atoms with Crippen LogP contribution in [0.15, 0.2) is 30.3 Å². The van der Waals surface area contributed by atoms with Gasteiger partial charge in [0.2, 0.25) is 17.7 Å². The molecule has 2 fully saturated rings. The number of likely N-dealkylation sites (tertiary alicyclic amines) is 1. The molecule has 0 bridgehead atoms. The van der Waals surface area contributed by atoms with Crippen LogP contribution in [-0.4, -0.2) is 139 Å². The molecular formula is C50H83N5O10. The van der Waals surface area contributed by atoms with Gasteiger partial charge in [-0.2, -0.15) is 0 Å². The molecule has 0 radical (unpaired) electrons. The molecule has 3 N–H and O–H groups in total. The SMILES string of the molecule is CCC(C)C(CC(C)CC(=O)C(NC(=O)C(C(C)C)N(C)CCCC(=O)O)C(C)C)C(CC(=O)N1CCCC1C(OC)C(C)C(=O)NC(Cc1ccccc1)C(=O)N1CCCCO1)OC. The van der Waals surface area contributed by atoms with Crippen LogP contribution in [0, 0.1) is 35.5 Å². The van der Waals surface area contributed by atoms with Crippen molar-refractivity contribution in [2.75, 3.05) is 47.5 Å². The van der Waals surface area contributed by atoms with E-state index in [1.54, 1.807) is 21.1 Å². The van der Waals surface area contributed by atoms with E-state index in [9.17, 15) is 28.8 Å². The van der Waals surface area contributed by atoms with Crippen molar-refractivity contribution in [2.24, 2.45) is 35.5 Å². The van der Waals surface area contributed by atoms with Gasteiger partial charge in [-0.3, -0.25) is 38.5 Å². The number of rotatable bonds is 28. The first kappa shape index (κ1) is 55.4. The molecule has 0 saturated carbocycles. The maximum absolute atomic E-state index is 14.4.